The molecule has 6 nitrogen and oxygen atoms in total. The van der Waals surface area contributed by atoms with Crippen LogP contribution in [0, 0.1) is 19.8 Å². The van der Waals surface area contributed by atoms with Crippen LogP contribution in [0.3, 0.4) is 0 Å². The zero-order chi connectivity index (χ0) is 15.4. The predicted octanol–water partition coefficient (Wildman–Crippen LogP) is 2.32. The third kappa shape index (κ3) is 4.01. The number of furan rings is 1. The van der Waals surface area contributed by atoms with Crippen molar-refractivity contribution in [2.45, 2.75) is 33.7 Å². The van der Waals surface area contributed by atoms with Crippen molar-refractivity contribution < 1.29 is 19.1 Å². The maximum atomic E-state index is 12.0. The molecule has 2 amide bonds. The van der Waals surface area contributed by atoms with Crippen molar-refractivity contribution in [3.63, 3.8) is 0 Å². The second-order valence-electron chi connectivity index (χ2n) is 5.16. The number of carboxylic acids is 1. The number of aliphatic carboxylic acids is 1. The summed E-state index contributed by atoms with van der Waals surface area (Å²) in [5, 5.41) is 11.7. The highest BCUT2D eigenvalue weighted by Crippen LogP contribution is 2.21. The van der Waals surface area contributed by atoms with Gasteiger partial charge < -0.3 is 19.7 Å². The van der Waals surface area contributed by atoms with E-state index in [2.05, 4.69) is 5.32 Å². The molecule has 0 aromatic carbocycles. The molecule has 2 N–H and O–H groups in total. The van der Waals surface area contributed by atoms with Gasteiger partial charge >= 0.3 is 12.0 Å². The van der Waals surface area contributed by atoms with Gasteiger partial charge in [0.15, 0.2) is 0 Å². The molecule has 1 aromatic heterocycles. The summed E-state index contributed by atoms with van der Waals surface area (Å²) < 4.78 is 5.43. The highest BCUT2D eigenvalue weighted by atomic mass is 16.4. The quantitative estimate of drug-likeness (QED) is 0.868. The minimum atomic E-state index is -0.918. The average molecular weight is 282 g/mol. The first-order valence-electron chi connectivity index (χ1n) is 6.53. The second kappa shape index (κ2) is 6.45. The van der Waals surface area contributed by atoms with Gasteiger partial charge in [0.1, 0.15) is 11.5 Å². The van der Waals surface area contributed by atoms with Crippen molar-refractivity contribution in [3.8, 4) is 0 Å². The molecule has 112 valence electrons. The van der Waals surface area contributed by atoms with Crippen LogP contribution >= 0.6 is 0 Å². The molecule has 20 heavy (non-hydrogen) atoms. The Morgan fingerprint density at radius 3 is 2.45 bits per heavy atom. The molecule has 0 saturated carbocycles. The van der Waals surface area contributed by atoms with Crippen molar-refractivity contribution >= 4 is 12.0 Å². The summed E-state index contributed by atoms with van der Waals surface area (Å²) in [6.07, 6.45) is 0. The molecule has 0 spiro atoms. The molecule has 6 heteroatoms. The minimum absolute atomic E-state index is 0.164. The van der Waals surface area contributed by atoms with E-state index in [-0.39, 0.29) is 18.6 Å². The number of carbonyl (C=O) groups is 2. The summed E-state index contributed by atoms with van der Waals surface area (Å²) in [5.74, 6) is 0.0567. The molecule has 0 aliphatic carbocycles. The molecule has 0 saturated heterocycles. The van der Waals surface area contributed by atoms with Crippen LogP contribution in [0.2, 0.25) is 0 Å². The summed E-state index contributed by atoms with van der Waals surface area (Å²) in [6.45, 7) is 7.30. The summed E-state index contributed by atoms with van der Waals surface area (Å²) >= 11 is 0. The van der Waals surface area contributed by atoms with Crippen LogP contribution in [0.25, 0.3) is 0 Å². The van der Waals surface area contributed by atoms with Crippen LogP contribution in [0.5, 0.6) is 0 Å². The highest BCUT2D eigenvalue weighted by molar-refractivity contribution is 5.76. The summed E-state index contributed by atoms with van der Waals surface area (Å²) in [4.78, 5) is 24.1. The lowest BCUT2D eigenvalue weighted by Gasteiger charge is -2.22. The topological polar surface area (TPSA) is 82.8 Å². The van der Waals surface area contributed by atoms with Crippen LogP contribution in [-0.2, 0) is 4.79 Å². The van der Waals surface area contributed by atoms with Crippen molar-refractivity contribution in [2.24, 2.45) is 5.92 Å². The fraction of sp³-hybridized carbons (Fsp3) is 0.571. The lowest BCUT2D eigenvalue weighted by atomic mass is 10.1. The van der Waals surface area contributed by atoms with Gasteiger partial charge in [-0.25, -0.2) is 4.79 Å². The maximum absolute atomic E-state index is 12.0. The van der Waals surface area contributed by atoms with E-state index in [1.54, 1.807) is 14.0 Å². The van der Waals surface area contributed by atoms with E-state index in [0.717, 1.165) is 17.1 Å². The lowest BCUT2D eigenvalue weighted by Crippen LogP contribution is -2.41. The number of aryl methyl sites for hydroxylation is 2. The van der Waals surface area contributed by atoms with Gasteiger partial charge in [-0.3, -0.25) is 4.79 Å². The maximum Gasteiger partial charge on any atom is 0.317 e. The van der Waals surface area contributed by atoms with Crippen molar-refractivity contribution in [1.29, 1.82) is 0 Å². The van der Waals surface area contributed by atoms with Crippen molar-refractivity contribution in [2.75, 3.05) is 13.6 Å². The fourth-order valence-electron chi connectivity index (χ4n) is 2.03. The number of amides is 2. The molecule has 1 heterocycles. The molecule has 0 fully saturated rings. The molecule has 0 radical (unpaired) electrons. The van der Waals surface area contributed by atoms with E-state index in [1.165, 1.54) is 4.90 Å². The summed E-state index contributed by atoms with van der Waals surface area (Å²) in [5.41, 5.74) is 0.926. The number of rotatable bonds is 5. The van der Waals surface area contributed by atoms with E-state index in [0.29, 0.717) is 0 Å². The molecule has 1 rings (SSSR count). The summed E-state index contributed by atoms with van der Waals surface area (Å²) in [6, 6.07) is 1.39. The van der Waals surface area contributed by atoms with Gasteiger partial charge in [-0.1, -0.05) is 6.92 Å². The Bertz CT molecular complexity index is 495. The van der Waals surface area contributed by atoms with E-state index in [4.69, 9.17) is 9.52 Å². The number of carboxylic acid groups (broad SMARTS) is 1. The Morgan fingerprint density at radius 1 is 1.40 bits per heavy atom. The Morgan fingerprint density at radius 2 is 2.00 bits per heavy atom. The van der Waals surface area contributed by atoms with Gasteiger partial charge in [-0.15, -0.1) is 0 Å². The molecule has 0 bridgehead atoms. The summed E-state index contributed by atoms with van der Waals surface area (Å²) in [7, 11) is 1.58. The number of nitrogens with one attached hydrogen (secondary N) is 1. The second-order valence-corrected chi connectivity index (χ2v) is 5.16. The van der Waals surface area contributed by atoms with Crippen LogP contribution in [0.4, 0.5) is 4.79 Å². The Kier molecular flexibility index (Phi) is 5.19. The Labute approximate surface area is 118 Å². The average Bonchev–Trinajstić information content (AvgIpc) is 2.67. The van der Waals surface area contributed by atoms with Gasteiger partial charge in [-0.05, 0) is 26.8 Å². The molecule has 1 aromatic rings. The fourth-order valence-corrected chi connectivity index (χ4v) is 2.03. The molecular weight excluding hydrogens is 260 g/mol. The number of carbonyl (C=O) groups excluding carboxylic acids is 1. The Balaban J connectivity index is 2.61. The minimum Gasteiger partial charge on any atom is -0.481 e. The first-order valence-corrected chi connectivity index (χ1v) is 6.53. The van der Waals surface area contributed by atoms with Gasteiger partial charge in [-0.2, -0.15) is 0 Å². The normalized spacial score (nSPS) is 13.7. The molecule has 0 aliphatic rings. The first-order chi connectivity index (χ1) is 9.22. The largest absolute Gasteiger partial charge is 0.481 e. The SMILES string of the molecule is Cc1cc(C(C)NC(=O)N(C)CC(C)C(=O)O)c(C)o1. The number of hydrogen-bond donors (Lipinski definition) is 2. The molecular formula is C14H22N2O4. The predicted molar refractivity (Wildman–Crippen MR) is 74.6 cm³/mol. The monoisotopic (exact) mass is 282 g/mol. The molecule has 2 atom stereocenters. The van der Waals surface area contributed by atoms with Gasteiger partial charge in [0.25, 0.3) is 0 Å². The van der Waals surface area contributed by atoms with Gasteiger partial charge in [0.2, 0.25) is 0 Å². The van der Waals surface area contributed by atoms with Crippen LogP contribution in [0.15, 0.2) is 10.5 Å². The number of nitrogens with zero attached hydrogens (tertiary/aromatic N) is 1. The van der Waals surface area contributed by atoms with E-state index in [9.17, 15) is 9.59 Å². The third-order valence-electron chi connectivity index (χ3n) is 3.20. The van der Waals surface area contributed by atoms with Crippen LogP contribution in [0.1, 0.15) is 37.0 Å². The van der Waals surface area contributed by atoms with Crippen molar-refractivity contribution in [1.82, 2.24) is 10.2 Å². The van der Waals surface area contributed by atoms with E-state index in [1.807, 2.05) is 26.8 Å². The van der Waals surface area contributed by atoms with Gasteiger partial charge in [0.05, 0.1) is 12.0 Å². The zero-order valence-electron chi connectivity index (χ0n) is 12.6. The number of hydrogen-bond acceptors (Lipinski definition) is 3. The number of urea groups is 1. The van der Waals surface area contributed by atoms with E-state index < -0.39 is 11.9 Å². The van der Waals surface area contributed by atoms with Gasteiger partial charge in [0, 0.05) is 19.2 Å². The smallest absolute Gasteiger partial charge is 0.317 e. The third-order valence-corrected chi connectivity index (χ3v) is 3.20. The highest BCUT2D eigenvalue weighted by Gasteiger charge is 2.20. The zero-order valence-corrected chi connectivity index (χ0v) is 12.6. The lowest BCUT2D eigenvalue weighted by molar-refractivity contribution is -0.141. The van der Waals surface area contributed by atoms with Crippen LogP contribution in [-0.4, -0.2) is 35.6 Å². The van der Waals surface area contributed by atoms with Crippen LogP contribution < -0.4 is 5.32 Å². The van der Waals surface area contributed by atoms with E-state index >= 15 is 0 Å². The molecule has 0 aliphatic heterocycles. The Hall–Kier alpha value is -1.98. The first kappa shape index (κ1) is 16.1. The standard InChI is InChI=1S/C14H22N2O4/c1-8(13(17)18)7-16(5)14(19)15-10(3)12-6-9(2)20-11(12)4/h6,8,10H,7H2,1-5H3,(H,15,19)(H,17,18). The molecule has 2 unspecified atom stereocenters. The van der Waals surface area contributed by atoms with Crippen molar-refractivity contribution in [3.05, 3.63) is 23.2 Å².